The lowest BCUT2D eigenvalue weighted by Crippen LogP contribution is -2.26. The maximum absolute atomic E-state index is 10.2. The highest BCUT2D eigenvalue weighted by Gasteiger charge is 2.17. The summed E-state index contributed by atoms with van der Waals surface area (Å²) < 4.78 is 10.6. The second-order valence-electron chi connectivity index (χ2n) is 3.98. The van der Waals surface area contributed by atoms with Crippen molar-refractivity contribution < 1.29 is 14.3 Å². The number of isocyanates is 1. The van der Waals surface area contributed by atoms with Crippen LogP contribution in [0.15, 0.2) is 29.3 Å². The van der Waals surface area contributed by atoms with E-state index in [-0.39, 0.29) is 0 Å². The van der Waals surface area contributed by atoms with Crippen LogP contribution < -0.4 is 9.47 Å². The molecule has 0 aliphatic rings. The van der Waals surface area contributed by atoms with Gasteiger partial charge in [-0.15, -0.1) is 0 Å². The molecule has 0 bridgehead atoms. The van der Waals surface area contributed by atoms with Crippen LogP contribution in [0.4, 0.5) is 0 Å². The van der Waals surface area contributed by atoms with Gasteiger partial charge in [-0.2, -0.15) is 4.99 Å². The van der Waals surface area contributed by atoms with Crippen molar-refractivity contribution in [3.63, 3.8) is 0 Å². The minimum absolute atomic E-state index is 0.315. The van der Waals surface area contributed by atoms with Gasteiger partial charge in [0.2, 0.25) is 6.08 Å². The predicted molar refractivity (Wildman–Crippen MR) is 60.7 cm³/mol. The lowest BCUT2D eigenvalue weighted by Gasteiger charge is -2.18. The summed E-state index contributed by atoms with van der Waals surface area (Å²) in [4.78, 5) is 13.8. The second-order valence-corrected chi connectivity index (χ2v) is 3.98. The summed E-state index contributed by atoms with van der Waals surface area (Å²) in [6, 6.07) is 7.27. The third-order valence-electron chi connectivity index (χ3n) is 1.98. The molecule has 86 valence electrons. The molecule has 0 heterocycles. The maximum Gasteiger partial charge on any atom is 0.235 e. The molecule has 1 rings (SSSR count). The molecule has 0 N–H and O–H groups in total. The molecule has 0 saturated heterocycles. The number of nitrogens with zero attached hydrogens (tertiary/aromatic N) is 1. The monoisotopic (exact) mass is 221 g/mol. The molecule has 0 aliphatic carbocycles. The van der Waals surface area contributed by atoms with Crippen molar-refractivity contribution in [2.75, 3.05) is 13.7 Å². The second kappa shape index (κ2) is 5.33. The van der Waals surface area contributed by atoms with Crippen LogP contribution >= 0.6 is 0 Å². The summed E-state index contributed by atoms with van der Waals surface area (Å²) >= 11 is 0. The van der Waals surface area contributed by atoms with Gasteiger partial charge in [0.15, 0.2) is 0 Å². The lowest BCUT2D eigenvalue weighted by molar-refractivity contribution is 0.243. The van der Waals surface area contributed by atoms with E-state index in [4.69, 9.17) is 9.47 Å². The first-order valence-corrected chi connectivity index (χ1v) is 4.93. The zero-order chi connectivity index (χ0) is 12.0. The fourth-order valence-corrected chi connectivity index (χ4v) is 1.11. The molecule has 0 unspecified atom stereocenters. The molecule has 4 nitrogen and oxygen atoms in total. The first-order valence-electron chi connectivity index (χ1n) is 4.93. The van der Waals surface area contributed by atoms with Gasteiger partial charge in [0, 0.05) is 6.07 Å². The molecule has 0 aliphatic heterocycles. The van der Waals surface area contributed by atoms with Gasteiger partial charge in [0.25, 0.3) is 0 Å². The quantitative estimate of drug-likeness (QED) is 0.565. The first kappa shape index (κ1) is 12.3. The molecule has 0 saturated carbocycles. The first-order chi connectivity index (χ1) is 7.57. The largest absolute Gasteiger partial charge is 0.497 e. The third kappa shape index (κ3) is 3.75. The van der Waals surface area contributed by atoms with Crippen molar-refractivity contribution in [1.82, 2.24) is 0 Å². The summed E-state index contributed by atoms with van der Waals surface area (Å²) in [5, 5.41) is 0. The van der Waals surface area contributed by atoms with Gasteiger partial charge in [0.05, 0.1) is 7.11 Å². The number of hydrogen-bond donors (Lipinski definition) is 0. The molecule has 0 aromatic heterocycles. The molecule has 0 atom stereocenters. The Balaban J connectivity index is 2.63. The van der Waals surface area contributed by atoms with Gasteiger partial charge in [-0.05, 0) is 26.0 Å². The summed E-state index contributed by atoms with van der Waals surface area (Å²) in [6.45, 7) is 3.92. The molecule has 4 heteroatoms. The number of rotatable bonds is 5. The Morgan fingerprint density at radius 2 is 2.06 bits per heavy atom. The minimum Gasteiger partial charge on any atom is -0.497 e. The third-order valence-corrected chi connectivity index (χ3v) is 1.98. The van der Waals surface area contributed by atoms with Crippen molar-refractivity contribution in [3.8, 4) is 11.5 Å². The van der Waals surface area contributed by atoms with Crippen LogP contribution in [0.25, 0.3) is 0 Å². The van der Waals surface area contributed by atoms with Gasteiger partial charge < -0.3 is 9.47 Å². The average Bonchev–Trinajstić information content (AvgIpc) is 2.27. The Hall–Kier alpha value is -1.80. The van der Waals surface area contributed by atoms with Gasteiger partial charge >= 0.3 is 0 Å². The summed E-state index contributed by atoms with van der Waals surface area (Å²) in [7, 11) is 1.60. The van der Waals surface area contributed by atoms with Crippen molar-refractivity contribution in [2.24, 2.45) is 4.99 Å². The van der Waals surface area contributed by atoms with Gasteiger partial charge in [-0.25, -0.2) is 4.79 Å². The smallest absolute Gasteiger partial charge is 0.235 e. The van der Waals surface area contributed by atoms with E-state index >= 15 is 0 Å². The fourth-order valence-electron chi connectivity index (χ4n) is 1.11. The Labute approximate surface area is 94.9 Å². The van der Waals surface area contributed by atoms with E-state index in [1.807, 2.05) is 18.2 Å². The van der Waals surface area contributed by atoms with Crippen molar-refractivity contribution in [2.45, 2.75) is 19.4 Å². The van der Waals surface area contributed by atoms with E-state index < -0.39 is 5.54 Å². The topological polar surface area (TPSA) is 47.9 Å². The molecular weight excluding hydrogens is 206 g/mol. The lowest BCUT2D eigenvalue weighted by atomic mass is 10.1. The minimum atomic E-state index is -0.565. The van der Waals surface area contributed by atoms with Crippen LogP contribution in [0.5, 0.6) is 11.5 Å². The number of ether oxygens (including phenoxy) is 2. The van der Waals surface area contributed by atoms with E-state index in [0.717, 1.165) is 5.75 Å². The van der Waals surface area contributed by atoms with Gasteiger partial charge in [0.1, 0.15) is 23.6 Å². The molecule has 16 heavy (non-hydrogen) atoms. The Morgan fingerprint density at radius 3 is 2.69 bits per heavy atom. The Bertz CT molecular complexity index is 395. The molecule has 0 amide bonds. The van der Waals surface area contributed by atoms with Crippen LogP contribution in [0.3, 0.4) is 0 Å². The SMILES string of the molecule is COc1cccc(OCC(C)(C)N=C=O)c1. The zero-order valence-corrected chi connectivity index (χ0v) is 9.69. The van der Waals surface area contributed by atoms with Crippen LogP contribution in [-0.4, -0.2) is 25.3 Å². The van der Waals surface area contributed by atoms with Crippen LogP contribution in [-0.2, 0) is 4.79 Å². The highest BCUT2D eigenvalue weighted by Crippen LogP contribution is 2.20. The number of aliphatic imine (C=N–C) groups is 1. The molecule has 0 spiro atoms. The Morgan fingerprint density at radius 1 is 1.38 bits per heavy atom. The van der Waals surface area contributed by atoms with E-state index in [1.165, 1.54) is 6.08 Å². The highest BCUT2D eigenvalue weighted by atomic mass is 16.5. The summed E-state index contributed by atoms with van der Waals surface area (Å²) in [6.07, 6.45) is 1.54. The predicted octanol–water partition coefficient (Wildman–Crippen LogP) is 2.19. The molecule has 0 radical (unpaired) electrons. The van der Waals surface area contributed by atoms with Crippen LogP contribution in [0.2, 0.25) is 0 Å². The fraction of sp³-hybridized carbons (Fsp3) is 0.417. The molecular formula is C12H15NO3. The normalized spacial score (nSPS) is 10.4. The maximum atomic E-state index is 10.2. The van der Waals surface area contributed by atoms with Gasteiger partial charge in [-0.3, -0.25) is 0 Å². The van der Waals surface area contributed by atoms with Crippen LogP contribution in [0.1, 0.15) is 13.8 Å². The molecule has 1 aromatic carbocycles. The standard InChI is InChI=1S/C12H15NO3/c1-12(2,13-9-14)8-16-11-6-4-5-10(7-11)15-3/h4-7H,8H2,1-3H3. The molecule has 1 aromatic rings. The van der Waals surface area contributed by atoms with Crippen molar-refractivity contribution in [1.29, 1.82) is 0 Å². The number of carbonyl (C=O) groups excluding carboxylic acids is 1. The van der Waals surface area contributed by atoms with E-state index in [9.17, 15) is 4.79 Å². The van der Waals surface area contributed by atoms with E-state index in [1.54, 1.807) is 27.0 Å². The highest BCUT2D eigenvalue weighted by molar-refractivity contribution is 5.35. The Kier molecular flexibility index (Phi) is 4.09. The van der Waals surface area contributed by atoms with Gasteiger partial charge in [-0.1, -0.05) is 6.07 Å². The number of benzene rings is 1. The average molecular weight is 221 g/mol. The molecule has 0 fully saturated rings. The number of hydrogen-bond acceptors (Lipinski definition) is 4. The number of methoxy groups -OCH3 is 1. The van der Waals surface area contributed by atoms with E-state index in [2.05, 4.69) is 4.99 Å². The summed E-state index contributed by atoms with van der Waals surface area (Å²) in [5.41, 5.74) is -0.565. The van der Waals surface area contributed by atoms with Crippen molar-refractivity contribution in [3.05, 3.63) is 24.3 Å². The summed E-state index contributed by atoms with van der Waals surface area (Å²) in [5.74, 6) is 1.42. The van der Waals surface area contributed by atoms with E-state index in [0.29, 0.717) is 12.4 Å². The van der Waals surface area contributed by atoms with Crippen molar-refractivity contribution >= 4 is 6.08 Å². The van der Waals surface area contributed by atoms with Crippen LogP contribution in [0, 0.1) is 0 Å². The zero-order valence-electron chi connectivity index (χ0n) is 9.69.